The Morgan fingerprint density at radius 1 is 1.38 bits per heavy atom. The number of carbonyl (C=O) groups is 2. The molecule has 0 saturated heterocycles. The van der Waals surface area contributed by atoms with Crippen LogP contribution < -0.4 is 0 Å². The predicted molar refractivity (Wildman–Crippen MR) is 62.0 cm³/mol. The van der Waals surface area contributed by atoms with Crippen LogP contribution in [0.1, 0.15) is 33.2 Å². The summed E-state index contributed by atoms with van der Waals surface area (Å²) in [5, 5.41) is 17.9. The fourth-order valence-corrected chi connectivity index (χ4v) is 1.54. The lowest BCUT2D eigenvalue weighted by atomic mass is 9.99. The molecule has 0 aliphatic carbocycles. The highest BCUT2D eigenvalue weighted by Crippen LogP contribution is 2.17. The molecule has 1 aromatic rings. The van der Waals surface area contributed by atoms with Gasteiger partial charge in [-0.15, -0.1) is 0 Å². The van der Waals surface area contributed by atoms with E-state index in [1.165, 1.54) is 18.2 Å². The Labute approximate surface area is 101 Å². The fraction of sp³-hybridized carbons (Fsp3) is 0.273. The largest absolute Gasteiger partial charge is 0.478 e. The molecule has 0 amide bonds. The van der Waals surface area contributed by atoms with Crippen LogP contribution in [0.15, 0.2) is 18.2 Å². The van der Waals surface area contributed by atoms with E-state index in [1.807, 2.05) is 0 Å². The number of halogens is 1. The van der Waals surface area contributed by atoms with Crippen LogP contribution in [-0.2, 0) is 6.61 Å². The van der Waals surface area contributed by atoms with Gasteiger partial charge in [0.15, 0.2) is 5.78 Å². The van der Waals surface area contributed by atoms with Crippen molar-refractivity contribution in [2.24, 2.45) is 0 Å². The van der Waals surface area contributed by atoms with E-state index in [2.05, 4.69) is 15.9 Å². The average Bonchev–Trinajstić information content (AvgIpc) is 2.26. The van der Waals surface area contributed by atoms with Crippen molar-refractivity contribution in [1.82, 2.24) is 0 Å². The molecule has 0 saturated carbocycles. The summed E-state index contributed by atoms with van der Waals surface area (Å²) in [6.07, 6.45) is 0. The maximum atomic E-state index is 11.7. The van der Waals surface area contributed by atoms with Crippen molar-refractivity contribution < 1.29 is 19.8 Å². The summed E-state index contributed by atoms with van der Waals surface area (Å²) in [4.78, 5) is 22.2. The third-order valence-corrected chi connectivity index (χ3v) is 2.54. The Morgan fingerprint density at radius 2 is 2.00 bits per heavy atom. The number of carboxylic acid groups (broad SMARTS) is 1. The predicted octanol–water partition coefficient (Wildman–Crippen LogP) is 1.84. The van der Waals surface area contributed by atoms with Gasteiger partial charge in [-0.3, -0.25) is 4.79 Å². The van der Waals surface area contributed by atoms with E-state index in [0.717, 1.165) is 0 Å². The number of aliphatic hydroxyl groups is 1. The van der Waals surface area contributed by atoms with E-state index in [1.54, 1.807) is 6.92 Å². The van der Waals surface area contributed by atoms with E-state index in [9.17, 15) is 9.59 Å². The minimum atomic E-state index is -1.15. The van der Waals surface area contributed by atoms with Crippen molar-refractivity contribution in [3.63, 3.8) is 0 Å². The fourth-order valence-electron chi connectivity index (χ4n) is 1.29. The number of carbonyl (C=O) groups excluding carboxylic acids is 1. The van der Waals surface area contributed by atoms with Crippen molar-refractivity contribution in [2.45, 2.75) is 18.4 Å². The second kappa shape index (κ2) is 5.23. The maximum absolute atomic E-state index is 11.7. The summed E-state index contributed by atoms with van der Waals surface area (Å²) in [5.74, 6) is -1.46. The molecule has 0 fully saturated rings. The van der Waals surface area contributed by atoms with E-state index in [-0.39, 0.29) is 23.5 Å². The zero-order valence-electron chi connectivity index (χ0n) is 8.61. The first-order chi connectivity index (χ1) is 7.47. The van der Waals surface area contributed by atoms with Crippen molar-refractivity contribution in [3.8, 4) is 0 Å². The molecule has 5 heteroatoms. The van der Waals surface area contributed by atoms with Gasteiger partial charge in [-0.1, -0.05) is 22.0 Å². The first-order valence-electron chi connectivity index (χ1n) is 4.62. The van der Waals surface area contributed by atoms with Crippen molar-refractivity contribution in [1.29, 1.82) is 0 Å². The van der Waals surface area contributed by atoms with Crippen molar-refractivity contribution in [3.05, 3.63) is 34.9 Å². The minimum absolute atomic E-state index is 0.0477. The summed E-state index contributed by atoms with van der Waals surface area (Å²) in [7, 11) is 0. The van der Waals surface area contributed by atoms with Crippen molar-refractivity contribution in [2.75, 3.05) is 0 Å². The summed E-state index contributed by atoms with van der Waals surface area (Å²) in [6, 6.07) is 4.22. The van der Waals surface area contributed by atoms with Gasteiger partial charge in [0.05, 0.1) is 17.0 Å². The quantitative estimate of drug-likeness (QED) is 0.654. The monoisotopic (exact) mass is 286 g/mol. The molecule has 0 heterocycles. The van der Waals surface area contributed by atoms with Gasteiger partial charge in [0, 0.05) is 5.56 Å². The number of ketones is 1. The molecular weight excluding hydrogens is 276 g/mol. The number of alkyl halides is 1. The molecule has 0 aliphatic rings. The lowest BCUT2D eigenvalue weighted by molar-refractivity contribution is 0.0692. The van der Waals surface area contributed by atoms with Crippen LogP contribution in [0.4, 0.5) is 0 Å². The number of hydrogen-bond donors (Lipinski definition) is 2. The van der Waals surface area contributed by atoms with Gasteiger partial charge in [0.1, 0.15) is 0 Å². The molecule has 2 N–H and O–H groups in total. The smallest absolute Gasteiger partial charge is 0.336 e. The molecule has 86 valence electrons. The minimum Gasteiger partial charge on any atom is -0.478 e. The SMILES string of the molecule is CC(Br)C(=O)c1cc(CO)ccc1C(=O)O. The number of benzene rings is 1. The zero-order chi connectivity index (χ0) is 12.3. The Balaban J connectivity index is 3.31. The Bertz CT molecular complexity index is 426. The molecule has 1 rings (SSSR count). The van der Waals surface area contributed by atoms with Crippen LogP contribution in [-0.4, -0.2) is 26.8 Å². The zero-order valence-corrected chi connectivity index (χ0v) is 10.2. The Morgan fingerprint density at radius 3 is 2.44 bits per heavy atom. The average molecular weight is 287 g/mol. The van der Waals surface area contributed by atoms with Gasteiger partial charge in [-0.25, -0.2) is 4.79 Å². The molecule has 1 unspecified atom stereocenters. The lowest BCUT2D eigenvalue weighted by Gasteiger charge is -2.08. The molecule has 0 radical (unpaired) electrons. The first kappa shape index (κ1) is 12.9. The molecule has 1 atom stereocenters. The number of hydrogen-bond acceptors (Lipinski definition) is 3. The van der Waals surface area contributed by atoms with Crippen molar-refractivity contribution >= 4 is 27.7 Å². The summed E-state index contributed by atoms with van der Waals surface area (Å²) in [5.41, 5.74) is 0.582. The second-order valence-electron chi connectivity index (χ2n) is 3.32. The molecule has 16 heavy (non-hydrogen) atoms. The van der Waals surface area contributed by atoms with E-state index >= 15 is 0 Å². The normalized spacial score (nSPS) is 12.2. The number of rotatable bonds is 4. The molecule has 0 aliphatic heterocycles. The van der Waals surface area contributed by atoms with Gasteiger partial charge in [-0.2, -0.15) is 0 Å². The van der Waals surface area contributed by atoms with Gasteiger partial charge >= 0.3 is 5.97 Å². The number of carboxylic acids is 1. The van der Waals surface area contributed by atoms with E-state index in [0.29, 0.717) is 5.56 Å². The van der Waals surface area contributed by atoms with Gasteiger partial charge < -0.3 is 10.2 Å². The first-order valence-corrected chi connectivity index (χ1v) is 5.54. The van der Waals surface area contributed by atoms with Crippen LogP contribution in [0.5, 0.6) is 0 Å². The van der Waals surface area contributed by atoms with E-state index < -0.39 is 10.8 Å². The third kappa shape index (κ3) is 2.68. The van der Waals surface area contributed by atoms with Crippen LogP contribution in [0.25, 0.3) is 0 Å². The molecular formula is C11H11BrO4. The summed E-state index contributed by atoms with van der Waals surface area (Å²) in [6.45, 7) is 1.40. The van der Waals surface area contributed by atoms with Gasteiger partial charge in [-0.05, 0) is 24.6 Å². The lowest BCUT2D eigenvalue weighted by Crippen LogP contribution is -2.15. The van der Waals surface area contributed by atoms with E-state index in [4.69, 9.17) is 10.2 Å². The second-order valence-corrected chi connectivity index (χ2v) is 4.70. The summed E-state index contributed by atoms with van der Waals surface area (Å²) >= 11 is 3.10. The highest BCUT2D eigenvalue weighted by Gasteiger charge is 2.20. The highest BCUT2D eigenvalue weighted by molar-refractivity contribution is 9.10. The topological polar surface area (TPSA) is 74.6 Å². The Hall–Kier alpha value is -1.20. The highest BCUT2D eigenvalue weighted by atomic mass is 79.9. The standard InChI is InChI=1S/C11H11BrO4/c1-6(12)10(14)9-4-7(5-13)2-3-8(9)11(15)16/h2-4,6,13H,5H2,1H3,(H,15,16). The third-order valence-electron chi connectivity index (χ3n) is 2.12. The number of Topliss-reactive ketones (excluding diaryl/α,β-unsaturated/α-hetero) is 1. The molecule has 0 spiro atoms. The molecule has 0 aromatic heterocycles. The Kier molecular flexibility index (Phi) is 4.20. The molecule has 4 nitrogen and oxygen atoms in total. The number of aliphatic hydroxyl groups excluding tert-OH is 1. The molecule has 0 bridgehead atoms. The van der Waals surface area contributed by atoms with Crippen LogP contribution >= 0.6 is 15.9 Å². The van der Waals surface area contributed by atoms with Gasteiger partial charge in [0.2, 0.25) is 0 Å². The van der Waals surface area contributed by atoms with Gasteiger partial charge in [0.25, 0.3) is 0 Å². The summed E-state index contributed by atoms with van der Waals surface area (Å²) < 4.78 is 0. The molecule has 1 aromatic carbocycles. The number of aromatic carboxylic acids is 1. The van der Waals surface area contributed by atoms with Crippen LogP contribution in [0.2, 0.25) is 0 Å². The maximum Gasteiger partial charge on any atom is 0.336 e. The van der Waals surface area contributed by atoms with Crippen LogP contribution in [0.3, 0.4) is 0 Å². The van der Waals surface area contributed by atoms with Crippen LogP contribution in [0, 0.1) is 0 Å².